The van der Waals surface area contributed by atoms with E-state index in [2.05, 4.69) is 205 Å². The first kappa shape index (κ1) is 34.9. The molecule has 0 saturated heterocycles. The van der Waals surface area contributed by atoms with Crippen LogP contribution in [0.25, 0.3) is 95.3 Å². The standard InChI is InChI=1S/C55H41N3O/c1-3-55(4-2)49-32-36(22-29-43(49)44-30-28-42(35-50(44)55)58-51-20-12-10-18-45(51)46-19-11-13-21-52(46)58)23-31-53-56-57-54(59-53)48-34-41-17-9-8-16-40(41)33-47(48)39-26-24-38(25-27-39)37-14-6-5-7-15-37/h5-35H,3-4H2,1-2H3/b31-23+. The first-order valence-electron chi connectivity index (χ1n) is 20.6. The van der Waals surface area contributed by atoms with Crippen LogP contribution in [0.3, 0.4) is 0 Å². The normalized spacial score (nSPS) is 13.1. The molecule has 0 fully saturated rings. The molecule has 10 aromatic rings. The molecule has 4 nitrogen and oxygen atoms in total. The molecular weight excluding hydrogens is 719 g/mol. The monoisotopic (exact) mass is 759 g/mol. The average molecular weight is 760 g/mol. The van der Waals surface area contributed by atoms with Crippen LogP contribution in [-0.2, 0) is 5.41 Å². The number of nitrogens with zero attached hydrogens (tertiary/aromatic N) is 3. The van der Waals surface area contributed by atoms with Crippen molar-refractivity contribution in [3.05, 3.63) is 199 Å². The highest BCUT2D eigenvalue weighted by Gasteiger charge is 2.41. The molecule has 8 aromatic carbocycles. The molecule has 4 heteroatoms. The first-order valence-corrected chi connectivity index (χ1v) is 20.6. The summed E-state index contributed by atoms with van der Waals surface area (Å²) < 4.78 is 8.85. The summed E-state index contributed by atoms with van der Waals surface area (Å²) in [6.45, 7) is 4.66. The van der Waals surface area contributed by atoms with Gasteiger partial charge >= 0.3 is 0 Å². The molecule has 282 valence electrons. The van der Waals surface area contributed by atoms with E-state index in [0.717, 1.165) is 45.9 Å². The Morgan fingerprint density at radius 1 is 0.492 bits per heavy atom. The van der Waals surface area contributed by atoms with Crippen molar-refractivity contribution in [3.8, 4) is 50.5 Å². The number of aromatic nitrogens is 3. The number of hydrogen-bond acceptors (Lipinski definition) is 3. The summed E-state index contributed by atoms with van der Waals surface area (Å²) in [5.41, 5.74) is 15.5. The summed E-state index contributed by atoms with van der Waals surface area (Å²) in [7, 11) is 0. The van der Waals surface area contributed by atoms with Crippen LogP contribution in [0, 0.1) is 0 Å². The summed E-state index contributed by atoms with van der Waals surface area (Å²) in [5.74, 6) is 0.965. The lowest BCUT2D eigenvalue weighted by atomic mass is 9.73. The van der Waals surface area contributed by atoms with E-state index >= 15 is 0 Å². The average Bonchev–Trinajstić information content (AvgIpc) is 3.99. The lowest BCUT2D eigenvalue weighted by Gasteiger charge is -2.30. The highest BCUT2D eigenvalue weighted by atomic mass is 16.4. The Morgan fingerprint density at radius 2 is 1.07 bits per heavy atom. The topological polar surface area (TPSA) is 43.9 Å². The van der Waals surface area contributed by atoms with E-state index < -0.39 is 0 Å². The van der Waals surface area contributed by atoms with Gasteiger partial charge in [0.1, 0.15) is 0 Å². The molecule has 11 rings (SSSR count). The second kappa shape index (κ2) is 14.0. The van der Waals surface area contributed by atoms with Crippen molar-refractivity contribution in [2.75, 3.05) is 0 Å². The molecule has 0 unspecified atom stereocenters. The second-order valence-electron chi connectivity index (χ2n) is 15.7. The minimum atomic E-state index is -0.104. The fraction of sp³-hybridized carbons (Fsp3) is 0.0909. The highest BCUT2D eigenvalue weighted by molar-refractivity contribution is 6.09. The summed E-state index contributed by atoms with van der Waals surface area (Å²) >= 11 is 0. The van der Waals surface area contributed by atoms with E-state index in [1.807, 2.05) is 12.1 Å². The number of fused-ring (bicyclic) bond motifs is 7. The van der Waals surface area contributed by atoms with E-state index in [9.17, 15) is 0 Å². The zero-order valence-corrected chi connectivity index (χ0v) is 33.1. The Labute approximate surface area is 343 Å². The molecule has 0 N–H and O–H groups in total. The van der Waals surface area contributed by atoms with Gasteiger partial charge in [0, 0.05) is 33.5 Å². The van der Waals surface area contributed by atoms with Gasteiger partial charge in [-0.05, 0) is 116 Å². The summed E-state index contributed by atoms with van der Waals surface area (Å²) in [6, 6.07) is 63.4. The van der Waals surface area contributed by atoms with E-state index in [-0.39, 0.29) is 5.41 Å². The zero-order valence-electron chi connectivity index (χ0n) is 33.1. The molecule has 0 amide bonds. The molecule has 1 aliphatic carbocycles. The van der Waals surface area contributed by atoms with Crippen molar-refractivity contribution in [1.82, 2.24) is 14.8 Å². The fourth-order valence-corrected chi connectivity index (χ4v) is 9.66. The van der Waals surface area contributed by atoms with Crippen molar-refractivity contribution in [2.45, 2.75) is 32.1 Å². The predicted molar refractivity (Wildman–Crippen MR) is 245 cm³/mol. The van der Waals surface area contributed by atoms with Crippen LogP contribution in [0.15, 0.2) is 180 Å². The number of hydrogen-bond donors (Lipinski definition) is 0. The first-order chi connectivity index (χ1) is 29.1. The summed E-state index contributed by atoms with van der Waals surface area (Å²) in [5, 5.41) is 13.9. The van der Waals surface area contributed by atoms with Crippen molar-refractivity contribution in [3.63, 3.8) is 0 Å². The Balaban J connectivity index is 0.930. The molecule has 0 spiro atoms. The van der Waals surface area contributed by atoms with Crippen molar-refractivity contribution < 1.29 is 4.42 Å². The van der Waals surface area contributed by atoms with Crippen LogP contribution in [0.1, 0.15) is 49.3 Å². The summed E-state index contributed by atoms with van der Waals surface area (Å²) in [6.07, 6.45) is 6.05. The quantitative estimate of drug-likeness (QED) is 0.155. The number of rotatable bonds is 8. The van der Waals surface area contributed by atoms with Crippen LogP contribution in [0.2, 0.25) is 0 Å². The van der Waals surface area contributed by atoms with E-state index in [1.54, 1.807) is 0 Å². The molecule has 0 bridgehead atoms. The van der Waals surface area contributed by atoms with E-state index in [4.69, 9.17) is 4.42 Å². The Morgan fingerprint density at radius 3 is 1.76 bits per heavy atom. The summed E-state index contributed by atoms with van der Waals surface area (Å²) in [4.78, 5) is 0. The minimum absolute atomic E-state index is 0.104. The molecule has 1 aliphatic rings. The van der Waals surface area contributed by atoms with Crippen LogP contribution in [0.5, 0.6) is 0 Å². The highest BCUT2D eigenvalue weighted by Crippen LogP contribution is 2.53. The van der Waals surface area contributed by atoms with Crippen molar-refractivity contribution in [2.24, 2.45) is 0 Å². The van der Waals surface area contributed by atoms with Gasteiger partial charge in [0.2, 0.25) is 11.8 Å². The Hall–Kier alpha value is -7.30. The molecule has 0 saturated carbocycles. The maximum Gasteiger partial charge on any atom is 0.248 e. The number of benzene rings is 8. The van der Waals surface area contributed by atoms with Gasteiger partial charge in [-0.25, -0.2) is 0 Å². The third kappa shape index (κ3) is 5.66. The van der Waals surface area contributed by atoms with Crippen molar-refractivity contribution in [1.29, 1.82) is 0 Å². The van der Waals surface area contributed by atoms with Gasteiger partial charge in [0.25, 0.3) is 0 Å². The maximum atomic E-state index is 6.42. The molecule has 59 heavy (non-hydrogen) atoms. The van der Waals surface area contributed by atoms with E-state index in [1.165, 1.54) is 60.9 Å². The van der Waals surface area contributed by atoms with Gasteiger partial charge in [0.15, 0.2) is 0 Å². The molecule has 0 radical (unpaired) electrons. The molecule has 2 aromatic heterocycles. The molecular formula is C55H41N3O. The van der Waals surface area contributed by atoms with Gasteiger partial charge in [-0.2, -0.15) is 0 Å². The van der Waals surface area contributed by atoms with Crippen LogP contribution in [-0.4, -0.2) is 14.8 Å². The van der Waals surface area contributed by atoms with Gasteiger partial charge in [-0.3, -0.25) is 0 Å². The Kier molecular flexibility index (Phi) is 8.26. The van der Waals surface area contributed by atoms with Crippen LogP contribution >= 0.6 is 0 Å². The SMILES string of the molecule is CCC1(CC)c2cc(/C=C/c3nnc(-c4cc5ccccc5cc4-c4ccc(-c5ccccc5)cc4)o3)ccc2-c2ccc(-n3c4ccccc4c4ccccc43)cc21. The zero-order chi connectivity index (χ0) is 39.5. The third-order valence-corrected chi connectivity index (χ3v) is 12.7. The van der Waals surface area contributed by atoms with Gasteiger partial charge < -0.3 is 8.98 Å². The smallest absolute Gasteiger partial charge is 0.248 e. The van der Waals surface area contributed by atoms with Gasteiger partial charge in [-0.1, -0.05) is 153 Å². The largest absolute Gasteiger partial charge is 0.417 e. The van der Waals surface area contributed by atoms with Crippen molar-refractivity contribution >= 4 is 44.7 Å². The molecule has 0 aliphatic heterocycles. The Bertz CT molecular complexity index is 3180. The minimum Gasteiger partial charge on any atom is -0.417 e. The number of para-hydroxylation sites is 2. The second-order valence-corrected chi connectivity index (χ2v) is 15.7. The fourth-order valence-electron chi connectivity index (χ4n) is 9.66. The van der Waals surface area contributed by atoms with Gasteiger partial charge in [-0.15, -0.1) is 10.2 Å². The van der Waals surface area contributed by atoms with Gasteiger partial charge in [0.05, 0.1) is 11.0 Å². The molecule has 2 heterocycles. The predicted octanol–water partition coefficient (Wildman–Crippen LogP) is 14.6. The molecule has 0 atom stereocenters. The van der Waals surface area contributed by atoms with Crippen LogP contribution < -0.4 is 0 Å². The third-order valence-electron chi connectivity index (χ3n) is 12.7. The van der Waals surface area contributed by atoms with E-state index in [0.29, 0.717) is 11.8 Å². The maximum absolute atomic E-state index is 6.42. The lowest BCUT2D eigenvalue weighted by molar-refractivity contribution is 0.490. The van der Waals surface area contributed by atoms with Crippen LogP contribution in [0.4, 0.5) is 0 Å². The lowest BCUT2D eigenvalue weighted by Crippen LogP contribution is -2.23.